The van der Waals surface area contributed by atoms with Gasteiger partial charge in [-0.1, -0.05) is 54.1 Å². The minimum Gasteiger partial charge on any atom is -0.664 e. The molecule has 0 saturated heterocycles. The molecular weight excluding hydrogens is 528 g/mol. The van der Waals surface area contributed by atoms with Crippen LogP contribution in [-0.2, 0) is 20.8 Å². The van der Waals surface area contributed by atoms with Crippen molar-refractivity contribution in [2.24, 2.45) is 0 Å². The van der Waals surface area contributed by atoms with E-state index in [0.717, 1.165) is 14.0 Å². The number of benzene rings is 2. The first-order valence-electron chi connectivity index (χ1n) is 7.57. The third-order valence-electron chi connectivity index (χ3n) is 2.87. The predicted molar refractivity (Wildman–Crippen MR) is 116 cm³/mol. The molecule has 2 radical (unpaired) electrons. The van der Waals surface area contributed by atoms with Crippen LogP contribution in [0.3, 0.4) is 0 Å². The molecule has 0 aliphatic heterocycles. The van der Waals surface area contributed by atoms with E-state index in [9.17, 15) is 4.79 Å². The SMILES string of the molecule is C[Si]C.Cc1cc2ccccc2[cH-]1.[Cl][Zr+2][Cl].[NH-]C(=O)c1ccc(Br)cc1. The summed E-state index contributed by atoms with van der Waals surface area (Å²) in [7, 11) is 11.0. The molecule has 0 heterocycles. The second-order valence-corrected chi connectivity index (χ2v) is 10.7. The van der Waals surface area contributed by atoms with Gasteiger partial charge < -0.3 is 10.5 Å². The van der Waals surface area contributed by atoms with Crippen molar-refractivity contribution in [1.82, 2.24) is 0 Å². The van der Waals surface area contributed by atoms with Crippen molar-refractivity contribution in [3.63, 3.8) is 0 Å². The van der Waals surface area contributed by atoms with Crippen LogP contribution in [0.5, 0.6) is 0 Å². The number of fused-ring (bicyclic) bond motifs is 1. The molecule has 0 bridgehead atoms. The molecule has 3 aromatic carbocycles. The Morgan fingerprint density at radius 2 is 1.62 bits per heavy atom. The van der Waals surface area contributed by atoms with Crippen molar-refractivity contribution in [1.29, 1.82) is 0 Å². The van der Waals surface area contributed by atoms with Gasteiger partial charge in [-0.2, -0.15) is 6.07 Å². The largest absolute Gasteiger partial charge is 0.664 e. The molecule has 0 aliphatic carbocycles. The van der Waals surface area contributed by atoms with Gasteiger partial charge in [-0.05, 0) is 17.7 Å². The van der Waals surface area contributed by atoms with E-state index in [1.165, 1.54) is 16.3 Å². The molecular formula is C19H20BrCl2NOSiZr. The van der Waals surface area contributed by atoms with E-state index in [1.807, 2.05) is 0 Å². The summed E-state index contributed by atoms with van der Waals surface area (Å²) in [5.74, 6) is -0.646. The van der Waals surface area contributed by atoms with Crippen LogP contribution >= 0.6 is 33.0 Å². The molecule has 0 unspecified atom stereocenters. The molecule has 2 nitrogen and oxygen atoms in total. The van der Waals surface area contributed by atoms with Gasteiger partial charge in [-0.15, -0.1) is 40.6 Å². The van der Waals surface area contributed by atoms with Gasteiger partial charge in [0.25, 0.3) is 0 Å². The number of amides is 1. The van der Waals surface area contributed by atoms with Crippen LogP contribution in [0.1, 0.15) is 15.9 Å². The molecule has 1 N–H and O–H groups in total. The summed E-state index contributed by atoms with van der Waals surface area (Å²) in [6.45, 7) is 6.43. The van der Waals surface area contributed by atoms with E-state index in [-0.39, 0.29) is 0 Å². The maximum absolute atomic E-state index is 10.4. The Morgan fingerprint density at radius 1 is 1.12 bits per heavy atom. The van der Waals surface area contributed by atoms with E-state index in [1.54, 1.807) is 24.3 Å². The molecule has 3 rings (SSSR count). The number of nitrogens with one attached hydrogen (secondary N) is 1. The standard InChI is InChI=1S/C10H9.C7H6BrNO.C2H6Si.2ClH.Zr/c1-8-6-9-4-2-3-5-10(9)7-8;8-6-3-1-5(2-4-6)7(9)10;1-3-2;;;/h2-7H,1H3;1-4H,(H2,9,10);1-2H3;2*1H;/q-1;;;;;+4/p-3. The molecule has 0 fully saturated rings. The zero-order valence-corrected chi connectivity index (χ0v) is 21.4. The second kappa shape index (κ2) is 15.7. The first-order valence-corrected chi connectivity index (χ1v) is 16.7. The summed E-state index contributed by atoms with van der Waals surface area (Å²) < 4.78 is 0.914. The third kappa shape index (κ3) is 11.4. The Balaban J connectivity index is 0.000000372. The fourth-order valence-corrected chi connectivity index (χ4v) is 2.17. The zero-order valence-electron chi connectivity index (χ0n) is 14.8. The summed E-state index contributed by atoms with van der Waals surface area (Å²) in [6.07, 6.45) is 0. The van der Waals surface area contributed by atoms with Gasteiger partial charge in [-0.3, -0.25) is 0 Å². The van der Waals surface area contributed by atoms with Crippen LogP contribution in [0.25, 0.3) is 16.5 Å². The number of hydrogen-bond acceptors (Lipinski definition) is 1. The second-order valence-electron chi connectivity index (χ2n) is 5.07. The minimum atomic E-state index is -0.826. The monoisotopic (exact) mass is 545 g/mol. The number of hydrogen-bond donors (Lipinski definition) is 0. The van der Waals surface area contributed by atoms with Gasteiger partial charge >= 0.3 is 37.9 Å². The Morgan fingerprint density at radius 3 is 2.08 bits per heavy atom. The first kappa shape index (κ1) is 25.7. The predicted octanol–water partition coefficient (Wildman–Crippen LogP) is 7.67. The average molecular weight is 548 g/mol. The van der Waals surface area contributed by atoms with E-state index in [0.29, 0.717) is 5.56 Å². The Kier molecular flexibility index (Phi) is 15.5. The van der Waals surface area contributed by atoms with Crippen LogP contribution in [0.4, 0.5) is 0 Å². The van der Waals surface area contributed by atoms with Crippen molar-refractivity contribution in [3.8, 4) is 0 Å². The Bertz CT molecular complexity index is 731. The Labute approximate surface area is 185 Å². The van der Waals surface area contributed by atoms with Crippen molar-refractivity contribution in [3.05, 3.63) is 82.0 Å². The number of halogens is 3. The molecule has 0 aromatic heterocycles. The molecule has 3 aromatic rings. The smallest absolute Gasteiger partial charge is 0.0796 e. The summed E-state index contributed by atoms with van der Waals surface area (Å²) in [5, 5.41) is 2.69. The molecule has 26 heavy (non-hydrogen) atoms. The summed E-state index contributed by atoms with van der Waals surface area (Å²) >= 11 is 2.40. The number of rotatable bonds is 1. The quantitative estimate of drug-likeness (QED) is 0.227. The van der Waals surface area contributed by atoms with Crippen molar-refractivity contribution < 1.29 is 25.6 Å². The molecule has 0 saturated carbocycles. The summed E-state index contributed by atoms with van der Waals surface area (Å²) in [6, 6.07) is 19.5. The Hall–Kier alpha value is -0.320. The molecule has 1 amide bonds. The maximum atomic E-state index is 10.4. The maximum Gasteiger partial charge on any atom is 0.0796 e. The molecule has 7 heteroatoms. The van der Waals surface area contributed by atoms with Crippen molar-refractivity contribution in [2.45, 2.75) is 20.0 Å². The topological polar surface area (TPSA) is 40.9 Å². The number of carbonyl (C=O) groups excluding carboxylic acids is 1. The summed E-state index contributed by atoms with van der Waals surface area (Å²) in [5.41, 5.74) is 8.50. The van der Waals surface area contributed by atoms with Gasteiger partial charge in [0.1, 0.15) is 0 Å². The van der Waals surface area contributed by atoms with Gasteiger partial charge in [0, 0.05) is 14.0 Å². The molecule has 0 aliphatic rings. The summed E-state index contributed by atoms with van der Waals surface area (Å²) in [4.78, 5) is 10.4. The van der Waals surface area contributed by atoms with Crippen LogP contribution in [0.2, 0.25) is 13.1 Å². The van der Waals surface area contributed by atoms with Crippen LogP contribution in [0.15, 0.2) is 65.1 Å². The van der Waals surface area contributed by atoms with Gasteiger partial charge in [0.2, 0.25) is 0 Å². The molecule has 0 spiro atoms. The van der Waals surface area contributed by atoms with E-state index in [4.69, 9.17) is 22.8 Å². The van der Waals surface area contributed by atoms with E-state index in [2.05, 4.69) is 72.3 Å². The average Bonchev–Trinajstić information content (AvgIpc) is 2.97. The van der Waals surface area contributed by atoms with Crippen LogP contribution < -0.4 is 0 Å². The van der Waals surface area contributed by atoms with E-state index >= 15 is 0 Å². The molecule has 136 valence electrons. The normalized spacial score (nSPS) is 8.69. The van der Waals surface area contributed by atoms with Crippen molar-refractivity contribution >= 4 is 59.2 Å². The fraction of sp³-hybridized carbons (Fsp3) is 0.158. The van der Waals surface area contributed by atoms with Gasteiger partial charge in [0.15, 0.2) is 0 Å². The first-order chi connectivity index (χ1) is 12.4. The van der Waals surface area contributed by atoms with E-state index < -0.39 is 26.8 Å². The fourth-order valence-electron chi connectivity index (χ4n) is 1.91. The van der Waals surface area contributed by atoms with Crippen molar-refractivity contribution in [2.75, 3.05) is 0 Å². The minimum absolute atomic E-state index is 0.420. The molecule has 0 atom stereocenters. The van der Waals surface area contributed by atoms with Crippen LogP contribution in [-0.4, -0.2) is 15.4 Å². The number of carbonyl (C=O) groups is 1. The van der Waals surface area contributed by atoms with Crippen LogP contribution in [0, 0.1) is 6.92 Å². The number of aryl methyl sites for hydroxylation is 1. The third-order valence-corrected chi connectivity index (χ3v) is 3.40. The zero-order chi connectivity index (χ0) is 19.9. The van der Waals surface area contributed by atoms with Gasteiger partial charge in [-0.25, -0.2) is 0 Å². The van der Waals surface area contributed by atoms with Gasteiger partial charge in [0.05, 0.1) is 5.91 Å².